The number of sulfonamides is 1. The monoisotopic (exact) mass is 332 g/mol. The molecule has 1 atom stereocenters. The molecule has 21 heavy (non-hydrogen) atoms. The van der Waals surface area contributed by atoms with Crippen molar-refractivity contribution < 1.29 is 13.3 Å². The van der Waals surface area contributed by atoms with Crippen molar-refractivity contribution in [3.63, 3.8) is 0 Å². The van der Waals surface area contributed by atoms with Gasteiger partial charge in [0.1, 0.15) is 5.02 Å². The van der Waals surface area contributed by atoms with E-state index in [-0.39, 0.29) is 16.0 Å². The maximum Gasteiger partial charge on any atom is 0.289 e. The summed E-state index contributed by atoms with van der Waals surface area (Å²) in [5.41, 5.74) is -0.0159. The number of nitrogens with zero attached hydrogens (tertiary/aromatic N) is 1. The molecule has 2 rings (SSSR count). The SMILES string of the molecule is Cc1cc(Cl)c([N+](=O)[O-])cc1S(=O)(=O)NC(C)C1CCC1. The molecule has 1 unspecified atom stereocenters. The van der Waals surface area contributed by atoms with Gasteiger partial charge in [-0.1, -0.05) is 18.0 Å². The van der Waals surface area contributed by atoms with E-state index in [1.165, 1.54) is 6.07 Å². The van der Waals surface area contributed by atoms with Crippen LogP contribution in [0.4, 0.5) is 5.69 Å². The van der Waals surface area contributed by atoms with Gasteiger partial charge in [-0.25, -0.2) is 13.1 Å². The summed E-state index contributed by atoms with van der Waals surface area (Å²) in [5, 5.41) is 10.8. The number of aryl methyl sites for hydroxylation is 1. The van der Waals surface area contributed by atoms with E-state index in [1.807, 2.05) is 6.92 Å². The third-order valence-corrected chi connectivity index (χ3v) is 5.93. The minimum Gasteiger partial charge on any atom is -0.258 e. The molecule has 1 N–H and O–H groups in total. The highest BCUT2D eigenvalue weighted by Gasteiger charge is 2.30. The first-order valence-corrected chi connectivity index (χ1v) is 8.55. The summed E-state index contributed by atoms with van der Waals surface area (Å²) in [7, 11) is -3.80. The highest BCUT2D eigenvalue weighted by molar-refractivity contribution is 7.89. The van der Waals surface area contributed by atoms with E-state index < -0.39 is 20.6 Å². The van der Waals surface area contributed by atoms with Gasteiger partial charge in [0.25, 0.3) is 5.69 Å². The Labute approximate surface area is 128 Å². The van der Waals surface area contributed by atoms with Gasteiger partial charge in [-0.15, -0.1) is 0 Å². The van der Waals surface area contributed by atoms with Crippen LogP contribution >= 0.6 is 11.6 Å². The molecule has 8 heteroatoms. The van der Waals surface area contributed by atoms with E-state index in [9.17, 15) is 18.5 Å². The van der Waals surface area contributed by atoms with Crippen LogP contribution in [0.25, 0.3) is 0 Å². The van der Waals surface area contributed by atoms with Gasteiger partial charge in [0.05, 0.1) is 9.82 Å². The summed E-state index contributed by atoms with van der Waals surface area (Å²) in [6, 6.07) is 2.15. The minimum atomic E-state index is -3.80. The molecule has 1 aliphatic carbocycles. The van der Waals surface area contributed by atoms with Crippen molar-refractivity contribution >= 4 is 27.3 Å². The lowest BCUT2D eigenvalue weighted by atomic mass is 9.81. The van der Waals surface area contributed by atoms with Crippen molar-refractivity contribution in [2.45, 2.75) is 44.0 Å². The van der Waals surface area contributed by atoms with Crippen LogP contribution in [0, 0.1) is 23.0 Å². The average Bonchev–Trinajstić information content (AvgIpc) is 2.23. The predicted molar refractivity (Wildman–Crippen MR) is 80.0 cm³/mol. The number of hydrogen-bond acceptors (Lipinski definition) is 4. The van der Waals surface area contributed by atoms with Gasteiger partial charge >= 0.3 is 0 Å². The molecule has 0 bridgehead atoms. The number of benzene rings is 1. The van der Waals surface area contributed by atoms with E-state index in [2.05, 4.69) is 4.72 Å². The van der Waals surface area contributed by atoms with Crippen LogP contribution in [0.15, 0.2) is 17.0 Å². The summed E-state index contributed by atoms with van der Waals surface area (Å²) in [4.78, 5) is 10.1. The average molecular weight is 333 g/mol. The van der Waals surface area contributed by atoms with Gasteiger partial charge < -0.3 is 0 Å². The maximum atomic E-state index is 12.4. The van der Waals surface area contributed by atoms with Crippen molar-refractivity contribution in [3.8, 4) is 0 Å². The summed E-state index contributed by atoms with van der Waals surface area (Å²) >= 11 is 5.78. The van der Waals surface area contributed by atoms with Crippen molar-refractivity contribution in [2.24, 2.45) is 5.92 Å². The molecule has 0 aliphatic heterocycles. The van der Waals surface area contributed by atoms with E-state index in [0.29, 0.717) is 11.5 Å². The molecule has 0 saturated heterocycles. The Morgan fingerprint density at radius 3 is 2.52 bits per heavy atom. The van der Waals surface area contributed by atoms with Crippen molar-refractivity contribution in [3.05, 3.63) is 32.8 Å². The molecule has 1 aromatic rings. The maximum absolute atomic E-state index is 12.4. The molecule has 116 valence electrons. The Hall–Kier alpha value is -1.18. The zero-order valence-electron chi connectivity index (χ0n) is 11.8. The molecule has 0 heterocycles. The van der Waals surface area contributed by atoms with Crippen LogP contribution in [0.2, 0.25) is 5.02 Å². The fourth-order valence-electron chi connectivity index (χ4n) is 2.42. The molecular formula is C13H17ClN2O4S. The van der Waals surface area contributed by atoms with Crippen LogP contribution in [0.3, 0.4) is 0 Å². The Morgan fingerprint density at radius 1 is 1.43 bits per heavy atom. The number of halogens is 1. The van der Waals surface area contributed by atoms with Gasteiger partial charge in [0.2, 0.25) is 10.0 Å². The van der Waals surface area contributed by atoms with E-state index >= 15 is 0 Å². The first kappa shape index (κ1) is 16.2. The predicted octanol–water partition coefficient (Wildman–Crippen LogP) is 3.02. The van der Waals surface area contributed by atoms with Gasteiger partial charge in [0, 0.05) is 12.1 Å². The fraction of sp³-hybridized carbons (Fsp3) is 0.538. The second-order valence-electron chi connectivity index (χ2n) is 5.43. The molecule has 0 aromatic heterocycles. The van der Waals surface area contributed by atoms with Gasteiger partial charge in [-0.3, -0.25) is 10.1 Å². The summed E-state index contributed by atoms with van der Waals surface area (Å²) < 4.78 is 27.4. The van der Waals surface area contributed by atoms with Gasteiger partial charge in [-0.2, -0.15) is 0 Å². The molecule has 0 amide bonds. The zero-order valence-corrected chi connectivity index (χ0v) is 13.4. The topological polar surface area (TPSA) is 89.3 Å². The first-order chi connectivity index (χ1) is 9.72. The highest BCUT2D eigenvalue weighted by atomic mass is 35.5. The number of rotatable bonds is 5. The molecular weight excluding hydrogens is 316 g/mol. The largest absolute Gasteiger partial charge is 0.289 e. The van der Waals surface area contributed by atoms with Crippen molar-refractivity contribution in [1.82, 2.24) is 4.72 Å². The lowest BCUT2D eigenvalue weighted by molar-refractivity contribution is -0.384. The second-order valence-corrected chi connectivity index (χ2v) is 7.52. The van der Waals surface area contributed by atoms with Crippen LogP contribution < -0.4 is 4.72 Å². The quantitative estimate of drug-likeness (QED) is 0.663. The number of nitro groups is 1. The van der Waals surface area contributed by atoms with Crippen LogP contribution in [-0.2, 0) is 10.0 Å². The Balaban J connectivity index is 2.34. The van der Waals surface area contributed by atoms with Gasteiger partial charge in [-0.05, 0) is 44.2 Å². The highest BCUT2D eigenvalue weighted by Crippen LogP contribution is 2.32. The lowest BCUT2D eigenvalue weighted by Crippen LogP contribution is -2.40. The van der Waals surface area contributed by atoms with Crippen molar-refractivity contribution in [1.29, 1.82) is 0 Å². The zero-order chi connectivity index (χ0) is 15.8. The molecule has 0 radical (unpaired) electrons. The van der Waals surface area contributed by atoms with E-state index in [4.69, 9.17) is 11.6 Å². The Kier molecular flexibility index (Phi) is 4.55. The molecule has 1 aromatic carbocycles. The van der Waals surface area contributed by atoms with E-state index in [0.717, 1.165) is 25.3 Å². The van der Waals surface area contributed by atoms with Gasteiger partial charge in [0.15, 0.2) is 0 Å². The number of hydrogen-bond donors (Lipinski definition) is 1. The summed E-state index contributed by atoms with van der Waals surface area (Å²) in [6.07, 6.45) is 3.12. The standard InChI is InChI=1S/C13H17ClN2O4S/c1-8-6-11(14)12(16(17)18)7-13(8)21(19,20)15-9(2)10-4-3-5-10/h6-7,9-10,15H,3-5H2,1-2H3. The fourth-order valence-corrected chi connectivity index (χ4v) is 4.26. The normalized spacial score (nSPS) is 17.3. The number of nitro benzene ring substituents is 1. The Bertz CT molecular complexity index is 671. The minimum absolute atomic E-state index is 0.0662. The van der Waals surface area contributed by atoms with Crippen molar-refractivity contribution in [2.75, 3.05) is 0 Å². The van der Waals surface area contributed by atoms with Crippen LogP contribution in [0.1, 0.15) is 31.7 Å². The molecule has 1 saturated carbocycles. The summed E-state index contributed by atoms with van der Waals surface area (Å²) in [5.74, 6) is 0.336. The molecule has 1 fully saturated rings. The first-order valence-electron chi connectivity index (χ1n) is 6.69. The van der Waals surface area contributed by atoms with Crippen LogP contribution in [0.5, 0.6) is 0 Å². The van der Waals surface area contributed by atoms with Crippen LogP contribution in [-0.4, -0.2) is 19.4 Å². The molecule has 0 spiro atoms. The Morgan fingerprint density at radius 2 is 2.05 bits per heavy atom. The second kappa shape index (κ2) is 5.90. The smallest absolute Gasteiger partial charge is 0.258 e. The third-order valence-electron chi connectivity index (χ3n) is 3.93. The molecule has 6 nitrogen and oxygen atoms in total. The third kappa shape index (κ3) is 3.36. The van der Waals surface area contributed by atoms with E-state index in [1.54, 1.807) is 6.92 Å². The summed E-state index contributed by atoms with van der Waals surface area (Å²) in [6.45, 7) is 3.39. The lowest BCUT2D eigenvalue weighted by Gasteiger charge is -2.31. The molecule has 1 aliphatic rings. The number of nitrogens with one attached hydrogen (secondary N) is 1.